The van der Waals surface area contributed by atoms with Gasteiger partial charge in [0.2, 0.25) is 5.95 Å². The van der Waals surface area contributed by atoms with Gasteiger partial charge in [-0.05, 0) is 52.4 Å². The van der Waals surface area contributed by atoms with Crippen molar-refractivity contribution in [3.8, 4) is 0 Å². The molecular formula is C17H27N5O2. The number of anilines is 1. The summed E-state index contributed by atoms with van der Waals surface area (Å²) in [7, 11) is 0. The number of nitrogens with zero attached hydrogens (tertiary/aromatic N) is 3. The van der Waals surface area contributed by atoms with Crippen molar-refractivity contribution in [3.05, 3.63) is 16.6 Å². The fourth-order valence-corrected chi connectivity index (χ4v) is 3.22. The summed E-state index contributed by atoms with van der Waals surface area (Å²) in [5, 5.41) is 18.6. The summed E-state index contributed by atoms with van der Waals surface area (Å²) in [6.07, 6.45) is 5.14. The van der Waals surface area contributed by atoms with Gasteiger partial charge in [0.25, 0.3) is 5.56 Å². The molecule has 2 aromatic rings. The Kier molecular flexibility index (Phi) is 4.15. The molecule has 0 saturated heterocycles. The first-order chi connectivity index (χ1) is 11.2. The van der Waals surface area contributed by atoms with E-state index >= 15 is 0 Å². The highest BCUT2D eigenvalue weighted by molar-refractivity contribution is 5.74. The normalized spacial score (nSPS) is 25.1. The van der Waals surface area contributed by atoms with Crippen molar-refractivity contribution < 1.29 is 5.11 Å². The summed E-state index contributed by atoms with van der Waals surface area (Å²) in [4.78, 5) is 19.5. The van der Waals surface area contributed by atoms with Crippen LogP contribution in [0.25, 0.3) is 11.0 Å². The topological polar surface area (TPSA) is 95.8 Å². The van der Waals surface area contributed by atoms with E-state index in [1.807, 2.05) is 20.8 Å². The molecule has 7 nitrogen and oxygen atoms in total. The van der Waals surface area contributed by atoms with E-state index in [-0.39, 0.29) is 11.1 Å². The zero-order valence-corrected chi connectivity index (χ0v) is 14.9. The highest BCUT2D eigenvalue weighted by Gasteiger charge is 2.31. The molecule has 0 aliphatic heterocycles. The maximum absolute atomic E-state index is 12.3. The predicted octanol–water partition coefficient (Wildman–Crippen LogP) is 2.23. The van der Waals surface area contributed by atoms with Crippen LogP contribution in [0.15, 0.2) is 11.0 Å². The summed E-state index contributed by atoms with van der Waals surface area (Å²) in [6.45, 7) is 8.65. The fourth-order valence-electron chi connectivity index (χ4n) is 3.22. The minimum absolute atomic E-state index is 0.220. The highest BCUT2D eigenvalue weighted by atomic mass is 16.3. The smallest absolute Gasteiger partial charge is 0.263 e. The minimum atomic E-state index is -0.732. The van der Waals surface area contributed by atoms with E-state index in [4.69, 9.17) is 0 Å². The lowest BCUT2D eigenvalue weighted by Crippen LogP contribution is -2.40. The first kappa shape index (κ1) is 17.0. The molecule has 2 heterocycles. The van der Waals surface area contributed by atoms with Crippen molar-refractivity contribution in [1.82, 2.24) is 19.7 Å². The lowest BCUT2D eigenvalue weighted by atomic mass is 9.79. The lowest BCUT2D eigenvalue weighted by Gasteiger charge is -2.35. The molecule has 0 amide bonds. The second-order valence-corrected chi connectivity index (χ2v) is 8.14. The average molecular weight is 333 g/mol. The molecule has 0 spiro atoms. The number of H-pyrrole nitrogens is 1. The number of aliphatic hydroxyl groups is 1. The molecule has 1 saturated carbocycles. The Morgan fingerprint density at radius 1 is 1.42 bits per heavy atom. The number of hydrogen-bond donors (Lipinski definition) is 3. The lowest BCUT2D eigenvalue weighted by molar-refractivity contribution is 0.00487. The molecule has 0 aromatic carbocycles. The zero-order valence-electron chi connectivity index (χ0n) is 14.9. The number of aromatic nitrogens is 4. The van der Waals surface area contributed by atoms with E-state index in [2.05, 4.69) is 27.3 Å². The van der Waals surface area contributed by atoms with Gasteiger partial charge in [0.15, 0.2) is 5.65 Å². The molecule has 3 N–H and O–H groups in total. The molecule has 1 aliphatic rings. The second kappa shape index (κ2) is 5.88. The van der Waals surface area contributed by atoms with E-state index in [0.717, 1.165) is 25.7 Å². The molecular weight excluding hydrogens is 306 g/mol. The Balaban J connectivity index is 1.84. The van der Waals surface area contributed by atoms with Crippen molar-refractivity contribution in [2.24, 2.45) is 5.92 Å². The zero-order chi connectivity index (χ0) is 17.5. The molecule has 7 heteroatoms. The van der Waals surface area contributed by atoms with Gasteiger partial charge in [0.1, 0.15) is 5.39 Å². The van der Waals surface area contributed by atoms with Crippen LogP contribution in [-0.2, 0) is 5.54 Å². The largest absolute Gasteiger partial charge is 0.388 e. The molecule has 0 radical (unpaired) electrons. The van der Waals surface area contributed by atoms with Crippen LogP contribution in [0.3, 0.4) is 0 Å². The van der Waals surface area contributed by atoms with Crippen LogP contribution < -0.4 is 10.9 Å². The highest BCUT2D eigenvalue weighted by Crippen LogP contribution is 2.31. The van der Waals surface area contributed by atoms with Gasteiger partial charge in [-0.1, -0.05) is 6.92 Å². The number of nitrogens with one attached hydrogen (secondary N) is 2. The van der Waals surface area contributed by atoms with E-state index in [1.165, 1.54) is 0 Å². The summed E-state index contributed by atoms with van der Waals surface area (Å²) in [5.41, 5.74) is -0.665. The fraction of sp³-hybridized carbons (Fsp3) is 0.706. The van der Waals surface area contributed by atoms with E-state index in [1.54, 1.807) is 10.9 Å². The molecule has 132 valence electrons. The molecule has 2 aromatic heterocycles. The van der Waals surface area contributed by atoms with Crippen LogP contribution >= 0.6 is 0 Å². The third-order valence-electron chi connectivity index (χ3n) is 4.86. The average Bonchev–Trinajstić information content (AvgIpc) is 2.93. The van der Waals surface area contributed by atoms with Crippen LogP contribution in [0.2, 0.25) is 0 Å². The van der Waals surface area contributed by atoms with Crippen molar-refractivity contribution >= 4 is 17.0 Å². The molecule has 3 rings (SSSR count). The second-order valence-electron chi connectivity index (χ2n) is 8.14. The van der Waals surface area contributed by atoms with Gasteiger partial charge in [0, 0.05) is 6.54 Å². The van der Waals surface area contributed by atoms with Crippen molar-refractivity contribution in [2.75, 3.05) is 11.9 Å². The third-order valence-corrected chi connectivity index (χ3v) is 4.86. The molecule has 0 atom stereocenters. The maximum atomic E-state index is 12.3. The number of rotatable bonds is 3. The van der Waals surface area contributed by atoms with E-state index in [9.17, 15) is 9.90 Å². The van der Waals surface area contributed by atoms with Crippen LogP contribution in [0.4, 0.5) is 5.95 Å². The predicted molar refractivity (Wildman–Crippen MR) is 94.2 cm³/mol. The molecule has 1 aliphatic carbocycles. The van der Waals surface area contributed by atoms with Crippen molar-refractivity contribution in [2.45, 2.75) is 64.5 Å². The summed E-state index contributed by atoms with van der Waals surface area (Å²) >= 11 is 0. The van der Waals surface area contributed by atoms with Gasteiger partial charge in [-0.15, -0.1) is 0 Å². The Hall–Kier alpha value is -1.89. The maximum Gasteiger partial charge on any atom is 0.263 e. The molecule has 0 unspecified atom stereocenters. The van der Waals surface area contributed by atoms with Gasteiger partial charge in [-0.2, -0.15) is 10.1 Å². The quantitative estimate of drug-likeness (QED) is 0.800. The van der Waals surface area contributed by atoms with E-state index < -0.39 is 5.60 Å². The Bertz CT molecular complexity index is 778. The number of hydrogen-bond acceptors (Lipinski definition) is 5. The Morgan fingerprint density at radius 3 is 2.71 bits per heavy atom. The van der Waals surface area contributed by atoms with Crippen LogP contribution in [0, 0.1) is 5.92 Å². The van der Waals surface area contributed by atoms with Gasteiger partial charge >= 0.3 is 0 Å². The first-order valence-electron chi connectivity index (χ1n) is 8.63. The standard InChI is InChI=1S/C17H27N5O2/c1-11-5-7-17(24,8-6-11)10-18-15-20-13-12(14(23)21-15)9-19-22(13)16(2,3)4/h9,11,24H,5-8,10H2,1-4H3,(H2,18,20,21,23). The Labute approximate surface area is 141 Å². The van der Waals surface area contributed by atoms with Crippen LogP contribution in [0.1, 0.15) is 53.4 Å². The number of fused-ring (bicyclic) bond motifs is 1. The summed E-state index contributed by atoms with van der Waals surface area (Å²) in [5.74, 6) is 1.05. The molecule has 24 heavy (non-hydrogen) atoms. The van der Waals surface area contributed by atoms with Gasteiger partial charge in [-0.3, -0.25) is 9.78 Å². The van der Waals surface area contributed by atoms with Crippen molar-refractivity contribution in [3.63, 3.8) is 0 Å². The SMILES string of the molecule is CC1CCC(O)(CNc2nc3c(cnn3C(C)(C)C)c(=O)[nH]2)CC1. The van der Waals surface area contributed by atoms with Gasteiger partial charge < -0.3 is 10.4 Å². The van der Waals surface area contributed by atoms with Crippen LogP contribution in [-0.4, -0.2) is 37.0 Å². The van der Waals surface area contributed by atoms with Crippen molar-refractivity contribution in [1.29, 1.82) is 0 Å². The molecule has 0 bridgehead atoms. The minimum Gasteiger partial charge on any atom is -0.388 e. The van der Waals surface area contributed by atoms with E-state index in [0.29, 0.717) is 29.4 Å². The van der Waals surface area contributed by atoms with Gasteiger partial charge in [0.05, 0.1) is 17.3 Å². The molecule has 1 fully saturated rings. The number of aromatic amines is 1. The monoisotopic (exact) mass is 333 g/mol. The van der Waals surface area contributed by atoms with Gasteiger partial charge in [-0.25, -0.2) is 4.68 Å². The Morgan fingerprint density at radius 2 is 2.08 bits per heavy atom. The summed E-state index contributed by atoms with van der Waals surface area (Å²) in [6, 6.07) is 0. The third kappa shape index (κ3) is 3.31. The van der Waals surface area contributed by atoms with Crippen LogP contribution in [0.5, 0.6) is 0 Å². The first-order valence-corrected chi connectivity index (χ1v) is 8.63. The summed E-state index contributed by atoms with van der Waals surface area (Å²) < 4.78 is 1.75.